The molecular formula is C19H20N6O. The fourth-order valence-electron chi connectivity index (χ4n) is 3.23. The van der Waals surface area contributed by atoms with Crippen LogP contribution in [0.3, 0.4) is 0 Å². The van der Waals surface area contributed by atoms with Gasteiger partial charge in [-0.05, 0) is 31.0 Å². The van der Waals surface area contributed by atoms with Crippen molar-refractivity contribution in [2.45, 2.75) is 31.7 Å². The maximum absolute atomic E-state index is 12.1. The minimum atomic E-state index is -0.208. The average Bonchev–Trinajstić information content (AvgIpc) is 3.32. The quantitative estimate of drug-likeness (QED) is 0.753. The molecule has 1 aliphatic carbocycles. The van der Waals surface area contributed by atoms with Crippen LogP contribution in [-0.2, 0) is 0 Å². The normalized spacial score (nSPS) is 14.5. The van der Waals surface area contributed by atoms with Crippen molar-refractivity contribution >= 4 is 29.1 Å². The van der Waals surface area contributed by atoms with Crippen LogP contribution in [0.15, 0.2) is 43.4 Å². The van der Waals surface area contributed by atoms with Gasteiger partial charge in [-0.25, -0.2) is 14.5 Å². The highest BCUT2D eigenvalue weighted by Gasteiger charge is 2.17. The fourth-order valence-corrected chi connectivity index (χ4v) is 3.23. The third-order valence-corrected chi connectivity index (χ3v) is 4.59. The molecule has 0 spiro atoms. The number of rotatable bonds is 4. The second kappa shape index (κ2) is 6.95. The number of hydrogen-bond donors (Lipinski definition) is 2. The third kappa shape index (κ3) is 3.42. The number of urea groups is 1. The van der Waals surface area contributed by atoms with Crippen LogP contribution in [0.4, 0.5) is 10.6 Å². The number of fused-ring (bicyclic) bond motifs is 1. The number of hydrogen-bond acceptors (Lipinski definition) is 4. The first-order chi connectivity index (χ1) is 12.7. The lowest BCUT2D eigenvalue weighted by Gasteiger charge is -2.12. The largest absolute Gasteiger partial charge is 0.335 e. The summed E-state index contributed by atoms with van der Waals surface area (Å²) in [7, 11) is 0. The predicted molar refractivity (Wildman–Crippen MR) is 102 cm³/mol. The molecule has 0 bridgehead atoms. The molecule has 0 saturated heterocycles. The van der Waals surface area contributed by atoms with E-state index in [0.29, 0.717) is 11.3 Å². The van der Waals surface area contributed by atoms with E-state index >= 15 is 0 Å². The molecule has 3 heterocycles. The third-order valence-electron chi connectivity index (χ3n) is 4.59. The summed E-state index contributed by atoms with van der Waals surface area (Å²) in [6.07, 6.45) is 11.5. The first-order valence-corrected chi connectivity index (χ1v) is 8.73. The zero-order valence-corrected chi connectivity index (χ0v) is 14.4. The highest BCUT2D eigenvalue weighted by Crippen LogP contribution is 2.22. The lowest BCUT2D eigenvalue weighted by Crippen LogP contribution is -2.36. The van der Waals surface area contributed by atoms with Gasteiger partial charge in [0, 0.05) is 35.8 Å². The lowest BCUT2D eigenvalue weighted by molar-refractivity contribution is 0.248. The summed E-state index contributed by atoms with van der Waals surface area (Å²) < 4.78 is 1.64. The molecular weight excluding hydrogens is 328 g/mol. The minimum absolute atomic E-state index is 0.208. The van der Waals surface area contributed by atoms with Crippen molar-refractivity contribution in [2.75, 3.05) is 5.32 Å². The van der Waals surface area contributed by atoms with Crippen LogP contribution in [-0.4, -0.2) is 31.8 Å². The van der Waals surface area contributed by atoms with Crippen LogP contribution >= 0.6 is 0 Å². The standard InChI is InChI=1S/C19H20N6O/c1-2-25-12-14(11-21-25)13-9-17-16(20-10-13)7-8-18(23-17)24-19(26)22-15-5-3-4-6-15/h2,7-12,15H,1,3-6H2,(H2,22,23,24,26). The van der Waals surface area contributed by atoms with E-state index in [9.17, 15) is 4.79 Å². The van der Waals surface area contributed by atoms with E-state index in [1.54, 1.807) is 29.3 Å². The van der Waals surface area contributed by atoms with Crippen LogP contribution in [0, 0.1) is 0 Å². The molecule has 0 aromatic carbocycles. The molecule has 0 radical (unpaired) electrons. The van der Waals surface area contributed by atoms with E-state index in [2.05, 4.69) is 32.3 Å². The van der Waals surface area contributed by atoms with Gasteiger partial charge in [0.25, 0.3) is 0 Å². The van der Waals surface area contributed by atoms with Crippen molar-refractivity contribution in [3.8, 4) is 11.1 Å². The highest BCUT2D eigenvalue weighted by molar-refractivity contribution is 5.90. The smallest absolute Gasteiger partial charge is 0.320 e. The number of carbonyl (C=O) groups excluding carboxylic acids is 1. The van der Waals surface area contributed by atoms with Gasteiger partial charge in [0.1, 0.15) is 5.82 Å². The van der Waals surface area contributed by atoms with Crippen molar-refractivity contribution < 1.29 is 4.79 Å². The molecule has 132 valence electrons. The summed E-state index contributed by atoms with van der Waals surface area (Å²) >= 11 is 0. The molecule has 26 heavy (non-hydrogen) atoms. The van der Waals surface area contributed by atoms with Gasteiger partial charge in [-0.3, -0.25) is 10.3 Å². The summed E-state index contributed by atoms with van der Waals surface area (Å²) in [5.41, 5.74) is 3.32. The van der Waals surface area contributed by atoms with Gasteiger partial charge in [0.15, 0.2) is 0 Å². The number of nitrogens with zero attached hydrogens (tertiary/aromatic N) is 4. The Morgan fingerprint density at radius 1 is 1.19 bits per heavy atom. The Balaban J connectivity index is 1.55. The van der Waals surface area contributed by atoms with Crippen LogP contribution in [0.5, 0.6) is 0 Å². The molecule has 2 N–H and O–H groups in total. The second-order valence-corrected chi connectivity index (χ2v) is 6.43. The topological polar surface area (TPSA) is 84.7 Å². The Hall–Kier alpha value is -3.22. The predicted octanol–water partition coefficient (Wildman–Crippen LogP) is 3.66. The SMILES string of the molecule is C=Cn1cc(-c2cnc3ccc(NC(=O)NC4CCCC4)nc3c2)cn1. The highest BCUT2D eigenvalue weighted by atomic mass is 16.2. The van der Waals surface area contributed by atoms with E-state index in [-0.39, 0.29) is 12.1 Å². The van der Waals surface area contributed by atoms with Gasteiger partial charge in [-0.1, -0.05) is 19.4 Å². The number of carbonyl (C=O) groups is 1. The second-order valence-electron chi connectivity index (χ2n) is 6.43. The molecule has 0 aliphatic heterocycles. The van der Waals surface area contributed by atoms with Crippen LogP contribution in [0.2, 0.25) is 0 Å². The van der Waals surface area contributed by atoms with E-state index in [4.69, 9.17) is 0 Å². The van der Waals surface area contributed by atoms with Gasteiger partial charge in [0.05, 0.1) is 17.2 Å². The summed E-state index contributed by atoms with van der Waals surface area (Å²) in [5, 5.41) is 9.99. The van der Waals surface area contributed by atoms with E-state index < -0.39 is 0 Å². The molecule has 1 aliphatic rings. The number of anilines is 1. The number of aromatic nitrogens is 4. The molecule has 3 aromatic heterocycles. The monoisotopic (exact) mass is 348 g/mol. The Bertz CT molecular complexity index is 958. The van der Waals surface area contributed by atoms with Crippen molar-refractivity contribution in [1.82, 2.24) is 25.1 Å². The fraction of sp³-hybridized carbons (Fsp3) is 0.263. The zero-order valence-electron chi connectivity index (χ0n) is 14.4. The molecule has 0 atom stereocenters. The van der Waals surface area contributed by atoms with Crippen LogP contribution in [0.1, 0.15) is 25.7 Å². The van der Waals surface area contributed by atoms with Gasteiger partial charge < -0.3 is 5.32 Å². The molecule has 1 saturated carbocycles. The van der Waals surface area contributed by atoms with Crippen molar-refractivity contribution in [1.29, 1.82) is 0 Å². The molecule has 1 fully saturated rings. The Kier molecular flexibility index (Phi) is 4.35. The minimum Gasteiger partial charge on any atom is -0.335 e. The van der Waals surface area contributed by atoms with Gasteiger partial charge >= 0.3 is 6.03 Å². The summed E-state index contributed by atoms with van der Waals surface area (Å²) in [6.45, 7) is 3.69. The molecule has 4 rings (SSSR count). The molecule has 2 amide bonds. The van der Waals surface area contributed by atoms with Crippen molar-refractivity contribution in [3.05, 3.63) is 43.4 Å². The number of nitrogens with one attached hydrogen (secondary N) is 2. The Morgan fingerprint density at radius 3 is 2.81 bits per heavy atom. The van der Waals surface area contributed by atoms with Gasteiger partial charge in [-0.15, -0.1) is 0 Å². The number of amides is 2. The summed E-state index contributed by atoms with van der Waals surface area (Å²) in [4.78, 5) is 21.1. The summed E-state index contributed by atoms with van der Waals surface area (Å²) in [5.74, 6) is 0.508. The first-order valence-electron chi connectivity index (χ1n) is 8.73. The maximum atomic E-state index is 12.1. The van der Waals surface area contributed by atoms with E-state index in [1.807, 2.05) is 18.3 Å². The number of pyridine rings is 2. The molecule has 7 heteroatoms. The van der Waals surface area contributed by atoms with Gasteiger partial charge in [0.2, 0.25) is 0 Å². The lowest BCUT2D eigenvalue weighted by atomic mass is 10.1. The maximum Gasteiger partial charge on any atom is 0.320 e. The van der Waals surface area contributed by atoms with Crippen LogP contribution in [0.25, 0.3) is 28.4 Å². The van der Waals surface area contributed by atoms with Crippen LogP contribution < -0.4 is 10.6 Å². The van der Waals surface area contributed by atoms with Crippen molar-refractivity contribution in [2.24, 2.45) is 0 Å². The first kappa shape index (κ1) is 16.3. The Labute approximate surface area is 151 Å². The van der Waals surface area contributed by atoms with Gasteiger partial charge in [-0.2, -0.15) is 5.10 Å². The zero-order chi connectivity index (χ0) is 17.9. The van der Waals surface area contributed by atoms with E-state index in [0.717, 1.165) is 29.5 Å². The van der Waals surface area contributed by atoms with E-state index in [1.165, 1.54) is 12.8 Å². The molecule has 7 nitrogen and oxygen atoms in total. The molecule has 0 unspecified atom stereocenters. The summed E-state index contributed by atoms with van der Waals surface area (Å²) in [6, 6.07) is 5.61. The molecule has 3 aromatic rings. The average molecular weight is 348 g/mol. The Morgan fingerprint density at radius 2 is 2.04 bits per heavy atom. The van der Waals surface area contributed by atoms with Crippen molar-refractivity contribution in [3.63, 3.8) is 0 Å².